The van der Waals surface area contributed by atoms with Crippen molar-refractivity contribution in [1.82, 2.24) is 20.2 Å². The van der Waals surface area contributed by atoms with Gasteiger partial charge in [-0.15, -0.1) is 0 Å². The third-order valence-electron chi connectivity index (χ3n) is 4.29. The second-order valence-electron chi connectivity index (χ2n) is 6.69. The maximum absolute atomic E-state index is 6.53. The summed E-state index contributed by atoms with van der Waals surface area (Å²) in [7, 11) is 0. The van der Waals surface area contributed by atoms with Gasteiger partial charge in [0.1, 0.15) is 6.61 Å². The summed E-state index contributed by atoms with van der Waals surface area (Å²) in [6, 6.07) is 12.0. The third kappa shape index (κ3) is 5.60. The molecule has 0 bridgehead atoms. The van der Waals surface area contributed by atoms with Gasteiger partial charge in [-0.05, 0) is 54.0 Å². The largest absolute Gasteiger partial charge is 0.490 e. The highest BCUT2D eigenvalue weighted by molar-refractivity contribution is 6.32. The van der Waals surface area contributed by atoms with Crippen molar-refractivity contribution in [2.45, 2.75) is 46.9 Å². The van der Waals surface area contributed by atoms with Crippen molar-refractivity contribution in [1.29, 1.82) is 0 Å². The van der Waals surface area contributed by atoms with Crippen molar-refractivity contribution in [3.8, 4) is 11.5 Å². The SMILES string of the molecule is CCCn1nnnc1NCc1cc(Cl)c(OCc2ccc(C)cc2)c(OCC)c1. The van der Waals surface area contributed by atoms with E-state index in [1.54, 1.807) is 4.68 Å². The second-order valence-corrected chi connectivity index (χ2v) is 7.10. The minimum absolute atomic E-state index is 0.420. The number of nitrogens with one attached hydrogen (secondary N) is 1. The number of tetrazole rings is 1. The Balaban J connectivity index is 1.73. The van der Waals surface area contributed by atoms with Crippen LogP contribution in [-0.2, 0) is 19.7 Å². The molecule has 1 N–H and O–H groups in total. The quantitative estimate of drug-likeness (QED) is 0.520. The molecule has 0 unspecified atom stereocenters. The minimum Gasteiger partial charge on any atom is -0.490 e. The monoisotopic (exact) mass is 415 g/mol. The Kier molecular flexibility index (Phi) is 7.30. The smallest absolute Gasteiger partial charge is 0.243 e. The first-order chi connectivity index (χ1) is 14.1. The van der Waals surface area contributed by atoms with Crippen LogP contribution in [-0.4, -0.2) is 26.8 Å². The van der Waals surface area contributed by atoms with Gasteiger partial charge in [-0.2, -0.15) is 0 Å². The molecule has 8 heteroatoms. The summed E-state index contributed by atoms with van der Waals surface area (Å²) in [5.74, 6) is 1.80. The summed E-state index contributed by atoms with van der Waals surface area (Å²) in [6.07, 6.45) is 0.951. The molecule has 0 spiro atoms. The van der Waals surface area contributed by atoms with Gasteiger partial charge in [0.15, 0.2) is 11.5 Å². The fourth-order valence-corrected chi connectivity index (χ4v) is 3.13. The molecule has 29 heavy (non-hydrogen) atoms. The molecule has 0 radical (unpaired) electrons. The van der Waals surface area contributed by atoms with Crippen LogP contribution in [0.15, 0.2) is 36.4 Å². The molecule has 1 heterocycles. The van der Waals surface area contributed by atoms with Gasteiger partial charge in [0.2, 0.25) is 5.95 Å². The number of rotatable bonds is 10. The number of ether oxygens (including phenoxy) is 2. The summed E-state index contributed by atoms with van der Waals surface area (Å²) < 4.78 is 13.5. The lowest BCUT2D eigenvalue weighted by Gasteiger charge is -2.16. The molecule has 2 aromatic carbocycles. The van der Waals surface area contributed by atoms with Crippen molar-refractivity contribution < 1.29 is 9.47 Å². The molecule has 3 rings (SSSR count). The van der Waals surface area contributed by atoms with E-state index in [9.17, 15) is 0 Å². The lowest BCUT2D eigenvalue weighted by molar-refractivity contribution is 0.269. The van der Waals surface area contributed by atoms with E-state index in [1.807, 2.05) is 31.2 Å². The lowest BCUT2D eigenvalue weighted by atomic mass is 10.1. The van der Waals surface area contributed by atoms with Crippen LogP contribution in [0.25, 0.3) is 0 Å². The van der Waals surface area contributed by atoms with E-state index in [-0.39, 0.29) is 0 Å². The van der Waals surface area contributed by atoms with E-state index in [2.05, 4.69) is 46.8 Å². The van der Waals surface area contributed by atoms with E-state index in [4.69, 9.17) is 21.1 Å². The molecule has 0 amide bonds. The van der Waals surface area contributed by atoms with Gasteiger partial charge in [-0.3, -0.25) is 0 Å². The summed E-state index contributed by atoms with van der Waals surface area (Å²) in [5, 5.41) is 15.5. The Morgan fingerprint density at radius 1 is 1.07 bits per heavy atom. The Labute approximate surface area is 176 Å². The minimum atomic E-state index is 0.420. The molecule has 0 saturated carbocycles. The maximum atomic E-state index is 6.53. The number of hydrogen-bond acceptors (Lipinski definition) is 6. The van der Waals surface area contributed by atoms with Gasteiger partial charge < -0.3 is 14.8 Å². The van der Waals surface area contributed by atoms with Gasteiger partial charge >= 0.3 is 0 Å². The number of nitrogens with zero attached hydrogens (tertiary/aromatic N) is 4. The highest BCUT2D eigenvalue weighted by atomic mass is 35.5. The Bertz CT molecular complexity index is 927. The number of benzene rings is 2. The van der Waals surface area contributed by atoms with E-state index in [0.717, 1.165) is 24.1 Å². The standard InChI is InChI=1S/C21H26ClN5O2/c1-4-10-27-21(24-25-26-27)23-13-17-11-18(22)20(19(12-17)28-5-2)29-14-16-8-6-15(3)7-9-16/h6-9,11-12H,4-5,10,13-14H2,1-3H3,(H,23,24,26). The van der Waals surface area contributed by atoms with Crippen LogP contribution in [0.2, 0.25) is 5.02 Å². The van der Waals surface area contributed by atoms with E-state index < -0.39 is 0 Å². The first-order valence-electron chi connectivity index (χ1n) is 9.74. The first-order valence-corrected chi connectivity index (χ1v) is 10.1. The highest BCUT2D eigenvalue weighted by Crippen LogP contribution is 2.37. The zero-order valence-electron chi connectivity index (χ0n) is 17.0. The predicted octanol–water partition coefficient (Wildman–Crippen LogP) is 4.63. The summed E-state index contributed by atoms with van der Waals surface area (Å²) in [4.78, 5) is 0. The third-order valence-corrected chi connectivity index (χ3v) is 4.57. The van der Waals surface area contributed by atoms with Crippen LogP contribution >= 0.6 is 11.6 Å². The number of hydrogen-bond donors (Lipinski definition) is 1. The van der Waals surface area contributed by atoms with Crippen LogP contribution in [0.1, 0.15) is 37.0 Å². The van der Waals surface area contributed by atoms with Crippen LogP contribution < -0.4 is 14.8 Å². The molecule has 7 nitrogen and oxygen atoms in total. The maximum Gasteiger partial charge on any atom is 0.243 e. The zero-order valence-corrected chi connectivity index (χ0v) is 17.7. The summed E-state index contributed by atoms with van der Waals surface area (Å²) in [6.45, 7) is 8.28. The Hall–Kier alpha value is -2.80. The molecule has 0 fully saturated rings. The molecular formula is C21H26ClN5O2. The van der Waals surface area contributed by atoms with Gasteiger partial charge in [-0.25, -0.2) is 4.68 Å². The normalized spacial score (nSPS) is 10.8. The first kappa shape index (κ1) is 20.9. The van der Waals surface area contributed by atoms with Crippen LogP contribution in [0.4, 0.5) is 5.95 Å². The Morgan fingerprint density at radius 2 is 1.86 bits per heavy atom. The van der Waals surface area contributed by atoms with Gasteiger partial charge in [0.05, 0.1) is 11.6 Å². The molecule has 1 aromatic heterocycles. The van der Waals surface area contributed by atoms with Crippen LogP contribution in [0, 0.1) is 6.92 Å². The van der Waals surface area contributed by atoms with Crippen molar-refractivity contribution in [2.75, 3.05) is 11.9 Å². The number of anilines is 1. The van der Waals surface area contributed by atoms with Crippen molar-refractivity contribution in [3.05, 3.63) is 58.1 Å². The molecule has 0 aliphatic carbocycles. The fraction of sp³-hybridized carbons (Fsp3) is 0.381. The number of halogens is 1. The average molecular weight is 416 g/mol. The van der Waals surface area contributed by atoms with Crippen molar-refractivity contribution >= 4 is 17.5 Å². The molecule has 3 aromatic rings. The van der Waals surface area contributed by atoms with Crippen LogP contribution in [0.5, 0.6) is 11.5 Å². The molecule has 0 aliphatic heterocycles. The van der Waals surface area contributed by atoms with E-state index in [0.29, 0.717) is 42.2 Å². The molecule has 0 aliphatic rings. The molecule has 154 valence electrons. The number of aromatic nitrogens is 4. The predicted molar refractivity (Wildman–Crippen MR) is 114 cm³/mol. The summed E-state index contributed by atoms with van der Waals surface area (Å²) in [5.41, 5.74) is 3.23. The van der Waals surface area contributed by atoms with Crippen molar-refractivity contribution in [3.63, 3.8) is 0 Å². The average Bonchev–Trinajstić information content (AvgIpc) is 3.15. The highest BCUT2D eigenvalue weighted by Gasteiger charge is 2.14. The van der Waals surface area contributed by atoms with E-state index >= 15 is 0 Å². The number of aryl methyl sites for hydroxylation is 2. The lowest BCUT2D eigenvalue weighted by Crippen LogP contribution is -2.09. The Morgan fingerprint density at radius 3 is 2.59 bits per heavy atom. The van der Waals surface area contributed by atoms with Gasteiger partial charge in [-0.1, -0.05) is 53.5 Å². The topological polar surface area (TPSA) is 74.1 Å². The van der Waals surface area contributed by atoms with E-state index in [1.165, 1.54) is 5.56 Å². The molecule has 0 atom stereocenters. The fourth-order valence-electron chi connectivity index (χ4n) is 2.84. The summed E-state index contributed by atoms with van der Waals surface area (Å²) >= 11 is 6.53. The van der Waals surface area contributed by atoms with Crippen LogP contribution in [0.3, 0.4) is 0 Å². The van der Waals surface area contributed by atoms with Gasteiger partial charge in [0, 0.05) is 13.1 Å². The molecular weight excluding hydrogens is 390 g/mol. The molecule has 0 saturated heterocycles. The van der Waals surface area contributed by atoms with Gasteiger partial charge in [0.25, 0.3) is 0 Å². The van der Waals surface area contributed by atoms with Crippen molar-refractivity contribution in [2.24, 2.45) is 0 Å². The second kappa shape index (κ2) is 10.1. The zero-order chi connectivity index (χ0) is 20.6.